The molecule has 1 heterocycles. The normalized spacial score (nSPS) is 11.0. The maximum Gasteiger partial charge on any atom is 0.338 e. The van der Waals surface area contributed by atoms with Crippen LogP contribution in [0, 0.1) is 12.8 Å². The first-order chi connectivity index (χ1) is 10.8. The molecular weight excluding hydrogens is 292 g/mol. The number of aromatic carboxylic acids is 1. The second kappa shape index (κ2) is 6.79. The fourth-order valence-electron chi connectivity index (χ4n) is 2.79. The van der Waals surface area contributed by atoms with Crippen LogP contribution in [0.4, 0.5) is 0 Å². The standard InChI is InChI=1S/C18H22N2O3/c1-10(2)8-15-14(9-19)17(12-4-6-13(21)7-5-12)16(18(22)23)11(3)20-15/h4-7,10,21H,8-9,19H2,1-3H3,(H,22,23). The number of aromatic nitrogens is 1. The van der Waals surface area contributed by atoms with Gasteiger partial charge in [0.15, 0.2) is 0 Å². The minimum absolute atomic E-state index is 0.133. The van der Waals surface area contributed by atoms with Gasteiger partial charge in [0.2, 0.25) is 0 Å². The van der Waals surface area contributed by atoms with Gasteiger partial charge in [0.1, 0.15) is 5.75 Å². The molecule has 0 saturated carbocycles. The number of nitrogens with two attached hydrogens (primary N) is 1. The van der Waals surface area contributed by atoms with Crippen LogP contribution in [0.15, 0.2) is 24.3 Å². The quantitative estimate of drug-likeness (QED) is 0.788. The fraction of sp³-hybridized carbons (Fsp3) is 0.333. The van der Waals surface area contributed by atoms with Gasteiger partial charge < -0.3 is 15.9 Å². The molecule has 2 aromatic rings. The van der Waals surface area contributed by atoms with E-state index in [1.54, 1.807) is 31.2 Å². The lowest BCUT2D eigenvalue weighted by molar-refractivity contribution is 0.0696. The van der Waals surface area contributed by atoms with Gasteiger partial charge >= 0.3 is 5.97 Å². The molecule has 0 bridgehead atoms. The van der Waals surface area contributed by atoms with Gasteiger partial charge in [0, 0.05) is 17.8 Å². The lowest BCUT2D eigenvalue weighted by Crippen LogP contribution is -2.15. The number of phenolic OH excluding ortho intramolecular Hbond substituents is 1. The van der Waals surface area contributed by atoms with Crippen LogP contribution in [0.3, 0.4) is 0 Å². The summed E-state index contributed by atoms with van der Waals surface area (Å²) in [6, 6.07) is 6.49. The predicted octanol–water partition coefficient (Wildman–Crippen LogP) is 3.12. The van der Waals surface area contributed by atoms with Crippen molar-refractivity contribution in [3.05, 3.63) is 46.8 Å². The summed E-state index contributed by atoms with van der Waals surface area (Å²) in [5, 5.41) is 19.1. The average Bonchev–Trinajstić information content (AvgIpc) is 2.46. The van der Waals surface area contributed by atoms with Crippen molar-refractivity contribution in [1.82, 2.24) is 4.98 Å². The topological polar surface area (TPSA) is 96.4 Å². The Balaban J connectivity index is 2.80. The Hall–Kier alpha value is -2.40. The van der Waals surface area contributed by atoms with Crippen LogP contribution < -0.4 is 5.73 Å². The Kier molecular flexibility index (Phi) is 5.01. The Bertz CT molecular complexity index is 722. The van der Waals surface area contributed by atoms with Crippen LogP contribution in [0.25, 0.3) is 11.1 Å². The molecule has 1 aromatic heterocycles. The molecule has 0 radical (unpaired) electrons. The highest BCUT2D eigenvalue weighted by molar-refractivity contribution is 5.98. The van der Waals surface area contributed by atoms with Gasteiger partial charge in [-0.2, -0.15) is 0 Å². The molecule has 0 aliphatic rings. The summed E-state index contributed by atoms with van der Waals surface area (Å²) in [4.78, 5) is 16.3. The monoisotopic (exact) mass is 314 g/mol. The summed E-state index contributed by atoms with van der Waals surface area (Å²) in [7, 11) is 0. The molecule has 4 N–H and O–H groups in total. The smallest absolute Gasteiger partial charge is 0.338 e. The van der Waals surface area contributed by atoms with Crippen LogP contribution in [0.1, 0.15) is 41.2 Å². The van der Waals surface area contributed by atoms with Gasteiger partial charge in [0.05, 0.1) is 11.3 Å². The third-order valence-electron chi connectivity index (χ3n) is 3.74. The average molecular weight is 314 g/mol. The lowest BCUT2D eigenvalue weighted by atomic mass is 9.90. The maximum atomic E-state index is 11.8. The number of aryl methyl sites for hydroxylation is 1. The van der Waals surface area contributed by atoms with Crippen LogP contribution in [-0.4, -0.2) is 21.2 Å². The molecule has 122 valence electrons. The zero-order valence-corrected chi connectivity index (χ0v) is 13.6. The van der Waals surface area contributed by atoms with Crippen LogP contribution in [0.2, 0.25) is 0 Å². The highest BCUT2D eigenvalue weighted by Gasteiger charge is 2.23. The zero-order valence-electron chi connectivity index (χ0n) is 13.6. The Morgan fingerprint density at radius 2 is 1.87 bits per heavy atom. The molecule has 0 aliphatic heterocycles. The van der Waals surface area contributed by atoms with Crippen molar-refractivity contribution in [2.45, 2.75) is 33.7 Å². The third kappa shape index (κ3) is 3.51. The van der Waals surface area contributed by atoms with E-state index in [1.165, 1.54) is 0 Å². The van der Waals surface area contributed by atoms with Crippen LogP contribution in [0.5, 0.6) is 5.75 Å². The summed E-state index contributed by atoms with van der Waals surface area (Å²) in [6.07, 6.45) is 0.734. The maximum absolute atomic E-state index is 11.8. The largest absolute Gasteiger partial charge is 0.508 e. The summed E-state index contributed by atoms with van der Waals surface area (Å²) < 4.78 is 0. The van der Waals surface area contributed by atoms with E-state index in [2.05, 4.69) is 18.8 Å². The van der Waals surface area contributed by atoms with E-state index in [0.717, 1.165) is 23.2 Å². The number of aromatic hydroxyl groups is 1. The van der Waals surface area contributed by atoms with E-state index in [0.29, 0.717) is 17.2 Å². The predicted molar refractivity (Wildman–Crippen MR) is 89.5 cm³/mol. The first-order valence-electron chi connectivity index (χ1n) is 7.60. The number of carboxylic acid groups (broad SMARTS) is 1. The van der Waals surface area contributed by atoms with Crippen molar-refractivity contribution < 1.29 is 15.0 Å². The number of benzene rings is 1. The van der Waals surface area contributed by atoms with E-state index in [4.69, 9.17) is 5.73 Å². The van der Waals surface area contributed by atoms with E-state index in [9.17, 15) is 15.0 Å². The number of rotatable bonds is 5. The van der Waals surface area contributed by atoms with E-state index < -0.39 is 5.97 Å². The summed E-state index contributed by atoms with van der Waals surface area (Å²) in [6.45, 7) is 6.09. The number of hydrogen-bond acceptors (Lipinski definition) is 4. The molecule has 0 saturated heterocycles. The number of carboxylic acids is 1. The third-order valence-corrected chi connectivity index (χ3v) is 3.74. The molecule has 2 rings (SSSR count). The zero-order chi connectivity index (χ0) is 17.1. The van der Waals surface area contributed by atoms with Crippen LogP contribution in [-0.2, 0) is 13.0 Å². The highest BCUT2D eigenvalue weighted by atomic mass is 16.4. The second-order valence-electron chi connectivity index (χ2n) is 6.03. The van der Waals surface area contributed by atoms with Crippen molar-refractivity contribution in [2.75, 3.05) is 0 Å². The molecule has 0 fully saturated rings. The van der Waals surface area contributed by atoms with Crippen molar-refractivity contribution in [3.63, 3.8) is 0 Å². The van der Waals surface area contributed by atoms with Gasteiger partial charge in [0.25, 0.3) is 0 Å². The summed E-state index contributed by atoms with van der Waals surface area (Å²) in [5.74, 6) is -0.507. The fourth-order valence-corrected chi connectivity index (χ4v) is 2.79. The van der Waals surface area contributed by atoms with Gasteiger partial charge in [-0.1, -0.05) is 26.0 Å². The molecule has 0 spiro atoms. The van der Waals surface area contributed by atoms with Crippen molar-refractivity contribution >= 4 is 5.97 Å². The lowest BCUT2D eigenvalue weighted by Gasteiger charge is -2.19. The molecule has 0 unspecified atom stereocenters. The number of nitrogens with zero attached hydrogens (tertiary/aromatic N) is 1. The van der Waals surface area contributed by atoms with E-state index in [1.807, 2.05) is 0 Å². The number of pyridine rings is 1. The van der Waals surface area contributed by atoms with E-state index in [-0.39, 0.29) is 17.9 Å². The van der Waals surface area contributed by atoms with Crippen molar-refractivity contribution in [3.8, 4) is 16.9 Å². The van der Waals surface area contributed by atoms with Gasteiger partial charge in [-0.15, -0.1) is 0 Å². The molecule has 5 heteroatoms. The Morgan fingerprint density at radius 1 is 1.26 bits per heavy atom. The number of phenols is 1. The minimum Gasteiger partial charge on any atom is -0.508 e. The minimum atomic E-state index is -1.02. The SMILES string of the molecule is Cc1nc(CC(C)C)c(CN)c(-c2ccc(O)cc2)c1C(=O)O. The van der Waals surface area contributed by atoms with Crippen molar-refractivity contribution in [1.29, 1.82) is 0 Å². The van der Waals surface area contributed by atoms with Gasteiger partial charge in [-0.05, 0) is 42.5 Å². The highest BCUT2D eigenvalue weighted by Crippen LogP contribution is 2.33. The first-order valence-corrected chi connectivity index (χ1v) is 7.60. The van der Waals surface area contributed by atoms with Crippen LogP contribution >= 0.6 is 0 Å². The molecule has 0 aliphatic carbocycles. The van der Waals surface area contributed by atoms with Gasteiger partial charge in [-0.25, -0.2) is 4.79 Å². The van der Waals surface area contributed by atoms with Crippen molar-refractivity contribution in [2.24, 2.45) is 11.7 Å². The summed E-state index contributed by atoms with van der Waals surface area (Å²) in [5.41, 5.74) is 9.50. The molecule has 5 nitrogen and oxygen atoms in total. The summed E-state index contributed by atoms with van der Waals surface area (Å²) >= 11 is 0. The Morgan fingerprint density at radius 3 is 2.35 bits per heavy atom. The second-order valence-corrected chi connectivity index (χ2v) is 6.03. The first kappa shape index (κ1) is 17.0. The van der Waals surface area contributed by atoms with Gasteiger partial charge in [-0.3, -0.25) is 4.98 Å². The number of carbonyl (C=O) groups is 1. The number of hydrogen-bond donors (Lipinski definition) is 3. The molecule has 0 amide bonds. The molecule has 0 atom stereocenters. The molecular formula is C18H22N2O3. The molecule has 23 heavy (non-hydrogen) atoms. The van der Waals surface area contributed by atoms with E-state index >= 15 is 0 Å². The Labute approximate surface area is 135 Å². The molecule has 1 aromatic carbocycles.